The van der Waals surface area contributed by atoms with Crippen molar-refractivity contribution >= 4 is 22.7 Å². The summed E-state index contributed by atoms with van der Waals surface area (Å²) < 4.78 is 11.1. The number of hydrogen-bond acceptors (Lipinski definition) is 7. The van der Waals surface area contributed by atoms with Crippen LogP contribution in [0.5, 0.6) is 5.75 Å². The highest BCUT2D eigenvalue weighted by molar-refractivity contribution is 5.89. The summed E-state index contributed by atoms with van der Waals surface area (Å²) in [5, 5.41) is 15.9. The fourth-order valence-corrected chi connectivity index (χ4v) is 4.45. The van der Waals surface area contributed by atoms with Crippen molar-refractivity contribution in [2.45, 2.75) is 12.8 Å². The van der Waals surface area contributed by atoms with Gasteiger partial charge in [-0.25, -0.2) is 15.0 Å². The molecule has 0 saturated carbocycles. The molecule has 34 heavy (non-hydrogen) atoms. The molecule has 2 aromatic carbocycles. The van der Waals surface area contributed by atoms with E-state index >= 15 is 0 Å². The highest BCUT2D eigenvalue weighted by Gasteiger charge is 2.35. The van der Waals surface area contributed by atoms with E-state index < -0.39 is 17.6 Å². The number of benzene rings is 2. The smallest absolute Gasteiger partial charge is 0.343 e. The van der Waals surface area contributed by atoms with Gasteiger partial charge in [0.2, 0.25) is 0 Å². The summed E-state index contributed by atoms with van der Waals surface area (Å²) in [6.45, 7) is 4.92. The Bertz CT molecular complexity index is 1240. The lowest BCUT2D eigenvalue weighted by Gasteiger charge is -2.34. The normalized spacial score (nSPS) is 16.8. The fraction of sp³-hybridized carbons (Fsp3) is 0.320. The fourth-order valence-electron chi connectivity index (χ4n) is 4.45. The minimum absolute atomic E-state index is 0.122. The number of para-hydroxylation sites is 1. The molecule has 9 nitrogen and oxygen atoms in total. The largest absolute Gasteiger partial charge is 0.507 e. The van der Waals surface area contributed by atoms with Gasteiger partial charge >= 0.3 is 11.7 Å². The van der Waals surface area contributed by atoms with Crippen LogP contribution in [-0.2, 0) is 4.74 Å². The Morgan fingerprint density at radius 3 is 2.53 bits per heavy atom. The van der Waals surface area contributed by atoms with Gasteiger partial charge in [0.25, 0.3) is 0 Å². The second kappa shape index (κ2) is 10.5. The summed E-state index contributed by atoms with van der Waals surface area (Å²) in [5.74, 6) is -1.10. The summed E-state index contributed by atoms with van der Waals surface area (Å²) >= 11 is 0. The third kappa shape index (κ3) is 5.11. The molecule has 2 unspecified atom stereocenters. The molecule has 2 amide bonds. The van der Waals surface area contributed by atoms with Crippen LogP contribution in [0.15, 0.2) is 68.9 Å². The SMILES string of the molecule is C/C(=N/NC(N)=O)C(CN1CCOCC1)C(c1ccccc1)c1c(O)c2ccccc2oc1=O. The summed E-state index contributed by atoms with van der Waals surface area (Å²) in [6, 6.07) is 15.5. The summed E-state index contributed by atoms with van der Waals surface area (Å²) in [7, 11) is 0. The summed E-state index contributed by atoms with van der Waals surface area (Å²) in [6.07, 6.45) is 0. The van der Waals surface area contributed by atoms with Crippen LogP contribution in [0.1, 0.15) is 24.0 Å². The molecule has 178 valence electrons. The van der Waals surface area contributed by atoms with Crippen LogP contribution < -0.4 is 16.8 Å². The van der Waals surface area contributed by atoms with E-state index in [0.29, 0.717) is 49.5 Å². The van der Waals surface area contributed by atoms with Crippen LogP contribution in [0.3, 0.4) is 0 Å². The van der Waals surface area contributed by atoms with Crippen molar-refractivity contribution < 1.29 is 19.1 Å². The van der Waals surface area contributed by atoms with Crippen molar-refractivity contribution in [1.29, 1.82) is 0 Å². The van der Waals surface area contributed by atoms with Crippen molar-refractivity contribution in [3.8, 4) is 5.75 Å². The Kier molecular flexibility index (Phi) is 7.24. The van der Waals surface area contributed by atoms with E-state index in [1.54, 1.807) is 31.2 Å². The molecule has 1 aliphatic rings. The number of nitrogens with two attached hydrogens (primary N) is 1. The number of hydrogen-bond donors (Lipinski definition) is 3. The lowest BCUT2D eigenvalue weighted by molar-refractivity contribution is 0.0335. The van der Waals surface area contributed by atoms with Crippen molar-refractivity contribution in [1.82, 2.24) is 10.3 Å². The predicted octanol–water partition coefficient (Wildman–Crippen LogP) is 2.62. The van der Waals surface area contributed by atoms with Gasteiger partial charge in [-0.3, -0.25) is 4.90 Å². The molecule has 3 aromatic rings. The first-order valence-corrected chi connectivity index (χ1v) is 11.1. The molecule has 0 bridgehead atoms. The number of rotatable bonds is 7. The first-order chi connectivity index (χ1) is 16.5. The number of fused-ring (bicyclic) bond motifs is 1. The molecule has 9 heteroatoms. The topological polar surface area (TPSA) is 130 Å². The minimum Gasteiger partial charge on any atom is -0.507 e. The van der Waals surface area contributed by atoms with Gasteiger partial charge in [0.05, 0.1) is 24.2 Å². The van der Waals surface area contributed by atoms with Crippen molar-refractivity contribution in [3.63, 3.8) is 0 Å². The first-order valence-electron chi connectivity index (χ1n) is 11.1. The maximum atomic E-state index is 13.3. The molecular weight excluding hydrogens is 436 g/mol. The standard InChI is InChI=1S/C25H28N4O5/c1-16(27-28-25(26)32)19(15-29-11-13-33-14-12-29)21(17-7-3-2-4-8-17)22-23(30)18-9-5-6-10-20(18)34-24(22)31/h2-10,19,21,30H,11-15H2,1H3,(H3,26,28,32)/b27-16-. The lowest BCUT2D eigenvalue weighted by Crippen LogP contribution is -2.43. The van der Waals surface area contributed by atoms with Crippen LogP contribution in [0, 0.1) is 5.92 Å². The molecule has 0 spiro atoms. The second-order valence-corrected chi connectivity index (χ2v) is 8.29. The van der Waals surface area contributed by atoms with Crippen molar-refractivity contribution in [3.05, 3.63) is 76.1 Å². The van der Waals surface area contributed by atoms with Gasteiger partial charge in [0, 0.05) is 37.2 Å². The number of primary amides is 1. The lowest BCUT2D eigenvalue weighted by atomic mass is 9.78. The highest BCUT2D eigenvalue weighted by atomic mass is 16.5. The van der Waals surface area contributed by atoms with E-state index in [0.717, 1.165) is 5.56 Å². The highest BCUT2D eigenvalue weighted by Crippen LogP contribution is 2.39. The zero-order chi connectivity index (χ0) is 24.1. The maximum absolute atomic E-state index is 13.3. The van der Waals surface area contributed by atoms with Gasteiger partial charge in [0.1, 0.15) is 11.3 Å². The zero-order valence-electron chi connectivity index (χ0n) is 18.9. The van der Waals surface area contributed by atoms with Gasteiger partial charge < -0.3 is 20.0 Å². The molecule has 1 aromatic heterocycles. The van der Waals surface area contributed by atoms with Crippen LogP contribution in [0.2, 0.25) is 0 Å². The van der Waals surface area contributed by atoms with Gasteiger partial charge in [-0.1, -0.05) is 42.5 Å². The Balaban J connectivity index is 1.90. The monoisotopic (exact) mass is 464 g/mol. The predicted molar refractivity (Wildman–Crippen MR) is 129 cm³/mol. The number of hydrazone groups is 1. The zero-order valence-corrected chi connectivity index (χ0v) is 18.9. The van der Waals surface area contributed by atoms with Crippen molar-refractivity contribution in [2.75, 3.05) is 32.8 Å². The molecular formula is C25H28N4O5. The van der Waals surface area contributed by atoms with Crippen molar-refractivity contribution in [2.24, 2.45) is 16.8 Å². The number of nitrogens with one attached hydrogen (secondary N) is 1. The molecule has 1 aliphatic heterocycles. The van der Waals surface area contributed by atoms with E-state index in [1.165, 1.54) is 0 Å². The Morgan fingerprint density at radius 2 is 1.82 bits per heavy atom. The number of urea groups is 1. The van der Waals surface area contributed by atoms with Crippen LogP contribution >= 0.6 is 0 Å². The van der Waals surface area contributed by atoms with Gasteiger partial charge in [-0.05, 0) is 24.6 Å². The molecule has 1 fully saturated rings. The molecule has 2 atom stereocenters. The minimum atomic E-state index is -0.784. The quantitative estimate of drug-likeness (QED) is 0.280. The molecule has 0 radical (unpaired) electrons. The van der Waals surface area contributed by atoms with Gasteiger partial charge in [0.15, 0.2) is 0 Å². The van der Waals surface area contributed by atoms with Crippen LogP contribution in [-0.4, -0.2) is 54.6 Å². The molecule has 2 heterocycles. The van der Waals surface area contributed by atoms with Crippen LogP contribution in [0.4, 0.5) is 4.79 Å². The van der Waals surface area contributed by atoms with E-state index in [9.17, 15) is 14.7 Å². The Hall–Kier alpha value is -3.69. The van der Waals surface area contributed by atoms with E-state index in [1.807, 2.05) is 30.3 Å². The number of ether oxygens (including phenoxy) is 1. The molecule has 4 N–H and O–H groups in total. The number of carbonyl (C=O) groups is 1. The third-order valence-corrected chi connectivity index (χ3v) is 6.13. The Labute approximate surface area is 196 Å². The number of amides is 2. The van der Waals surface area contributed by atoms with E-state index in [4.69, 9.17) is 14.9 Å². The average Bonchev–Trinajstić information content (AvgIpc) is 2.85. The summed E-state index contributed by atoms with van der Waals surface area (Å²) in [4.78, 5) is 26.8. The Morgan fingerprint density at radius 1 is 1.15 bits per heavy atom. The molecule has 1 saturated heterocycles. The number of carbonyl (C=O) groups excluding carboxylic acids is 1. The third-order valence-electron chi connectivity index (χ3n) is 6.13. The van der Waals surface area contributed by atoms with E-state index in [2.05, 4.69) is 15.4 Å². The van der Waals surface area contributed by atoms with Gasteiger partial charge in [-0.2, -0.15) is 5.10 Å². The molecule has 0 aliphatic carbocycles. The first kappa shape index (κ1) is 23.5. The van der Waals surface area contributed by atoms with Crippen LogP contribution in [0.25, 0.3) is 11.0 Å². The average molecular weight is 465 g/mol. The maximum Gasteiger partial charge on any atom is 0.343 e. The van der Waals surface area contributed by atoms with Gasteiger partial charge in [-0.15, -0.1) is 0 Å². The summed E-state index contributed by atoms with van der Waals surface area (Å²) in [5.41, 5.74) is 8.76. The number of nitrogens with zero attached hydrogens (tertiary/aromatic N) is 2. The number of aromatic hydroxyl groups is 1. The van der Waals surface area contributed by atoms with E-state index in [-0.39, 0.29) is 17.2 Å². The number of morpholine rings is 1. The molecule has 4 rings (SSSR count). The second-order valence-electron chi connectivity index (χ2n) is 8.29.